The van der Waals surface area contributed by atoms with Crippen LogP contribution >= 0.6 is 0 Å². The molecule has 0 unspecified atom stereocenters. The lowest BCUT2D eigenvalue weighted by Gasteiger charge is -1.97. The summed E-state index contributed by atoms with van der Waals surface area (Å²) in [6.07, 6.45) is 1.64. The lowest BCUT2D eigenvalue weighted by Crippen LogP contribution is -2.07. The number of H-pyrrole nitrogens is 1. The molecule has 4 heteroatoms. The van der Waals surface area contributed by atoms with Crippen molar-refractivity contribution in [2.45, 2.75) is 6.92 Å². The van der Waals surface area contributed by atoms with Crippen LogP contribution < -0.4 is 15.6 Å². The van der Waals surface area contributed by atoms with Crippen LogP contribution in [0.25, 0.3) is 0 Å². The monoisotopic (exact) mass is 184 g/mol. The van der Waals surface area contributed by atoms with Gasteiger partial charge in [-0.15, -0.1) is 0 Å². The highest BCUT2D eigenvalue weighted by Gasteiger charge is 1.95. The summed E-state index contributed by atoms with van der Waals surface area (Å²) in [5.41, 5.74) is 0.796. The highest BCUT2D eigenvalue weighted by atomic mass is 16.5. The van der Waals surface area contributed by atoms with E-state index < -0.39 is 0 Å². The minimum atomic E-state index is -0.187. The third kappa shape index (κ3) is 4.32. The van der Waals surface area contributed by atoms with Gasteiger partial charge in [-0.1, -0.05) is 0 Å². The molecule has 1 rings (SSSR count). The van der Waals surface area contributed by atoms with Gasteiger partial charge in [0.15, 0.2) is 5.75 Å². The minimum Gasteiger partial charge on any atom is -0.491 e. The Morgan fingerprint density at radius 2 is 2.00 bits per heavy atom. The van der Waals surface area contributed by atoms with Crippen molar-refractivity contribution in [1.82, 2.24) is 10.3 Å². The molecule has 0 bridgehead atoms. The maximum absolute atomic E-state index is 10.8. The molecule has 0 saturated carbocycles. The Labute approximate surface area is 77.9 Å². The highest BCUT2D eigenvalue weighted by molar-refractivity contribution is 5.22. The molecule has 1 heterocycles. The summed E-state index contributed by atoms with van der Waals surface area (Å²) in [5.74, 6) is 0.361. The predicted octanol–water partition coefficient (Wildman–Crippen LogP) is 0.528. The van der Waals surface area contributed by atoms with Crippen LogP contribution in [0, 0.1) is 6.92 Å². The van der Waals surface area contributed by atoms with Crippen LogP contribution in [-0.4, -0.2) is 26.2 Å². The van der Waals surface area contributed by atoms with Crippen molar-refractivity contribution in [2.75, 3.05) is 21.2 Å². The summed E-state index contributed by atoms with van der Waals surface area (Å²) in [4.78, 5) is 13.4. The molecule has 0 aromatic carbocycles. The van der Waals surface area contributed by atoms with Crippen molar-refractivity contribution in [3.05, 3.63) is 28.2 Å². The number of methoxy groups -OCH3 is 1. The molecule has 0 radical (unpaired) electrons. The average Bonchev–Trinajstić information content (AvgIpc) is 2.10. The molecular weight excluding hydrogens is 168 g/mol. The first-order chi connectivity index (χ1) is 6.15. The van der Waals surface area contributed by atoms with Gasteiger partial charge in [0.05, 0.1) is 7.11 Å². The Balaban J connectivity index is 0.000000424. The van der Waals surface area contributed by atoms with Gasteiger partial charge in [-0.3, -0.25) is 4.79 Å². The third-order valence-corrected chi connectivity index (χ3v) is 1.23. The van der Waals surface area contributed by atoms with Crippen molar-refractivity contribution in [3.8, 4) is 5.75 Å². The molecule has 13 heavy (non-hydrogen) atoms. The second-order valence-electron chi connectivity index (χ2n) is 2.57. The number of nitrogens with one attached hydrogen (secondary N) is 2. The first-order valence-corrected chi connectivity index (χ1v) is 3.97. The fourth-order valence-corrected chi connectivity index (χ4v) is 0.716. The van der Waals surface area contributed by atoms with Gasteiger partial charge in [0.1, 0.15) is 0 Å². The molecule has 0 fully saturated rings. The third-order valence-electron chi connectivity index (χ3n) is 1.23. The number of hydrogen-bond donors (Lipinski definition) is 2. The molecule has 1 aromatic heterocycles. The molecular formula is C9H16N2O2. The summed E-state index contributed by atoms with van der Waals surface area (Å²) in [6.45, 7) is 1.89. The molecule has 0 aliphatic heterocycles. The number of hydrogen-bond acceptors (Lipinski definition) is 3. The molecule has 4 nitrogen and oxygen atoms in total. The Kier molecular flexibility index (Phi) is 5.63. The summed E-state index contributed by atoms with van der Waals surface area (Å²) < 4.78 is 4.78. The second-order valence-corrected chi connectivity index (χ2v) is 2.57. The fourth-order valence-electron chi connectivity index (χ4n) is 0.716. The van der Waals surface area contributed by atoms with E-state index in [-0.39, 0.29) is 5.56 Å². The van der Waals surface area contributed by atoms with Gasteiger partial charge in [-0.2, -0.15) is 0 Å². The molecule has 1 aromatic rings. The lowest BCUT2D eigenvalue weighted by atomic mass is 10.3. The SMILES string of the molecule is CNC.COc1cc(C)c[nH]c1=O. The van der Waals surface area contributed by atoms with E-state index in [9.17, 15) is 4.79 Å². The lowest BCUT2D eigenvalue weighted by molar-refractivity contribution is 0.408. The van der Waals surface area contributed by atoms with Crippen LogP contribution in [-0.2, 0) is 0 Å². The summed E-state index contributed by atoms with van der Waals surface area (Å²) in [6, 6.07) is 1.69. The zero-order valence-electron chi connectivity index (χ0n) is 8.47. The molecule has 0 amide bonds. The van der Waals surface area contributed by atoms with E-state index >= 15 is 0 Å². The second kappa shape index (κ2) is 6.25. The van der Waals surface area contributed by atoms with Gasteiger partial charge in [-0.05, 0) is 32.6 Å². The molecule has 0 saturated heterocycles. The van der Waals surface area contributed by atoms with Gasteiger partial charge in [0, 0.05) is 6.20 Å². The molecule has 0 aliphatic carbocycles. The van der Waals surface area contributed by atoms with Crippen LogP contribution in [0.1, 0.15) is 5.56 Å². The smallest absolute Gasteiger partial charge is 0.290 e. The van der Waals surface area contributed by atoms with Gasteiger partial charge < -0.3 is 15.0 Å². The highest BCUT2D eigenvalue weighted by Crippen LogP contribution is 2.02. The maximum Gasteiger partial charge on any atom is 0.290 e. The van der Waals surface area contributed by atoms with E-state index in [1.165, 1.54) is 7.11 Å². The van der Waals surface area contributed by atoms with E-state index in [1.807, 2.05) is 21.0 Å². The van der Waals surface area contributed by atoms with E-state index in [0.717, 1.165) is 5.56 Å². The van der Waals surface area contributed by atoms with Gasteiger partial charge in [-0.25, -0.2) is 0 Å². The van der Waals surface area contributed by atoms with Crippen molar-refractivity contribution >= 4 is 0 Å². The summed E-state index contributed by atoms with van der Waals surface area (Å²) in [5, 5.41) is 2.75. The van der Waals surface area contributed by atoms with Crippen molar-refractivity contribution in [2.24, 2.45) is 0 Å². The molecule has 0 spiro atoms. The normalized spacial score (nSPS) is 8.62. The van der Waals surface area contributed by atoms with E-state index in [2.05, 4.69) is 10.3 Å². The van der Waals surface area contributed by atoms with Crippen molar-refractivity contribution in [3.63, 3.8) is 0 Å². The first kappa shape index (κ1) is 11.7. The average molecular weight is 184 g/mol. The fraction of sp³-hybridized carbons (Fsp3) is 0.444. The van der Waals surface area contributed by atoms with E-state index in [4.69, 9.17) is 4.74 Å². The molecule has 0 atom stereocenters. The summed E-state index contributed by atoms with van der Waals surface area (Å²) >= 11 is 0. The number of ether oxygens (including phenoxy) is 1. The van der Waals surface area contributed by atoms with Gasteiger partial charge in [0.25, 0.3) is 5.56 Å². The van der Waals surface area contributed by atoms with Crippen LogP contribution in [0.15, 0.2) is 17.1 Å². The van der Waals surface area contributed by atoms with Gasteiger partial charge >= 0.3 is 0 Å². The van der Waals surface area contributed by atoms with E-state index in [1.54, 1.807) is 12.3 Å². The first-order valence-electron chi connectivity index (χ1n) is 3.97. The van der Waals surface area contributed by atoms with Crippen LogP contribution in [0.3, 0.4) is 0 Å². The Hall–Kier alpha value is -1.29. The Morgan fingerprint density at radius 3 is 2.38 bits per heavy atom. The quantitative estimate of drug-likeness (QED) is 0.669. The largest absolute Gasteiger partial charge is 0.491 e. The maximum atomic E-state index is 10.8. The van der Waals surface area contributed by atoms with Crippen LogP contribution in [0.2, 0.25) is 0 Å². The van der Waals surface area contributed by atoms with E-state index in [0.29, 0.717) is 5.75 Å². The van der Waals surface area contributed by atoms with Crippen molar-refractivity contribution < 1.29 is 4.74 Å². The minimum absolute atomic E-state index is 0.187. The molecule has 0 aliphatic rings. The van der Waals surface area contributed by atoms with Crippen molar-refractivity contribution in [1.29, 1.82) is 0 Å². The number of aromatic amines is 1. The van der Waals surface area contributed by atoms with Gasteiger partial charge in [0.2, 0.25) is 0 Å². The molecule has 74 valence electrons. The standard InChI is InChI=1S/C7H9NO2.C2H7N/c1-5-3-6(10-2)7(9)8-4-5;1-3-2/h3-4H,1-2H3,(H,8,9);3H,1-2H3. The van der Waals surface area contributed by atoms with Crippen LogP contribution in [0.4, 0.5) is 0 Å². The number of aryl methyl sites for hydroxylation is 1. The molecule has 2 N–H and O–H groups in total. The topological polar surface area (TPSA) is 54.1 Å². The summed E-state index contributed by atoms with van der Waals surface area (Å²) in [7, 11) is 5.23. The zero-order chi connectivity index (χ0) is 10.3. The Bertz CT molecular complexity index is 294. The zero-order valence-corrected chi connectivity index (χ0v) is 8.47. The number of rotatable bonds is 1. The Morgan fingerprint density at radius 1 is 1.46 bits per heavy atom. The number of aromatic nitrogens is 1. The number of pyridine rings is 1. The predicted molar refractivity (Wildman–Crippen MR) is 53.3 cm³/mol. The van der Waals surface area contributed by atoms with Crippen LogP contribution in [0.5, 0.6) is 5.75 Å².